The number of nitrogens with one attached hydrogen (secondary N) is 1. The van der Waals surface area contributed by atoms with Crippen LogP contribution in [0.4, 0.5) is 0 Å². The van der Waals surface area contributed by atoms with E-state index in [1.165, 1.54) is 6.20 Å². The summed E-state index contributed by atoms with van der Waals surface area (Å²) < 4.78 is 1.71. The van der Waals surface area contributed by atoms with Gasteiger partial charge in [0.15, 0.2) is 0 Å². The first-order valence-electron chi connectivity index (χ1n) is 8.13. The van der Waals surface area contributed by atoms with E-state index in [-0.39, 0.29) is 24.2 Å². The number of benzene rings is 1. The molecule has 1 aromatic heterocycles. The Balaban J connectivity index is 2.24. The summed E-state index contributed by atoms with van der Waals surface area (Å²) in [4.78, 5) is 23.3. The third-order valence-corrected chi connectivity index (χ3v) is 4.02. The first-order chi connectivity index (χ1) is 11.8. The van der Waals surface area contributed by atoms with Crippen LogP contribution >= 0.6 is 11.6 Å². The Morgan fingerprint density at radius 3 is 2.64 bits per heavy atom. The first kappa shape index (κ1) is 19.0. The van der Waals surface area contributed by atoms with E-state index in [1.807, 2.05) is 26.0 Å². The molecule has 6 nitrogen and oxygen atoms in total. The molecule has 1 amide bonds. The van der Waals surface area contributed by atoms with Crippen molar-refractivity contribution in [2.24, 2.45) is 5.92 Å². The quantitative estimate of drug-likeness (QED) is 0.788. The van der Waals surface area contributed by atoms with Crippen LogP contribution in [0.25, 0.3) is 5.69 Å². The van der Waals surface area contributed by atoms with Crippen LogP contribution in [0.3, 0.4) is 0 Å². The maximum Gasteiger partial charge on any atom is 0.303 e. The van der Waals surface area contributed by atoms with Gasteiger partial charge in [-0.2, -0.15) is 5.10 Å². The highest BCUT2D eigenvalue weighted by Crippen LogP contribution is 2.24. The van der Waals surface area contributed by atoms with Crippen LogP contribution in [0, 0.1) is 5.92 Å². The number of aliphatic carboxylic acids is 1. The second-order valence-electron chi connectivity index (χ2n) is 6.40. The second kappa shape index (κ2) is 8.16. The smallest absolute Gasteiger partial charge is 0.303 e. The lowest BCUT2D eigenvalue weighted by atomic mass is 10.0. The Morgan fingerprint density at radius 2 is 2.04 bits per heavy atom. The highest BCUT2D eigenvalue weighted by atomic mass is 35.5. The van der Waals surface area contributed by atoms with Crippen molar-refractivity contribution in [3.05, 3.63) is 46.7 Å². The summed E-state index contributed by atoms with van der Waals surface area (Å²) in [6.45, 7) is 6.06. The molecule has 2 rings (SSSR count). The highest BCUT2D eigenvalue weighted by molar-refractivity contribution is 6.30. The number of carboxylic acids is 1. The van der Waals surface area contributed by atoms with Crippen molar-refractivity contribution in [2.75, 3.05) is 6.54 Å². The lowest BCUT2D eigenvalue weighted by molar-refractivity contribution is -0.137. The molecule has 0 spiro atoms. The maximum absolute atomic E-state index is 12.5. The fourth-order valence-corrected chi connectivity index (χ4v) is 2.82. The summed E-state index contributed by atoms with van der Waals surface area (Å²) >= 11 is 6.05. The molecule has 1 heterocycles. The SMILES string of the molecule is CC(CNC(=O)c1cnn(-c2cccc(Cl)c2)c1C(C)C)CC(=O)O. The standard InChI is InChI=1S/C18H22ClN3O3/c1-11(2)17-15(18(25)20-9-12(3)7-16(23)24)10-21-22(17)14-6-4-5-13(19)8-14/h4-6,8,10-12H,7,9H2,1-3H3,(H,20,25)(H,23,24). The van der Waals surface area contributed by atoms with Gasteiger partial charge < -0.3 is 10.4 Å². The molecule has 134 valence electrons. The van der Waals surface area contributed by atoms with Crippen molar-refractivity contribution < 1.29 is 14.7 Å². The van der Waals surface area contributed by atoms with Gasteiger partial charge in [-0.05, 0) is 30.0 Å². The summed E-state index contributed by atoms with van der Waals surface area (Å²) in [5.74, 6) is -1.21. The minimum atomic E-state index is -0.876. The Hall–Kier alpha value is -2.34. The van der Waals surface area contributed by atoms with E-state index < -0.39 is 5.97 Å². The molecule has 0 aliphatic heterocycles. The summed E-state index contributed by atoms with van der Waals surface area (Å²) in [6.07, 6.45) is 1.55. The van der Waals surface area contributed by atoms with Gasteiger partial charge in [-0.1, -0.05) is 38.4 Å². The lowest BCUT2D eigenvalue weighted by Crippen LogP contribution is -2.30. The predicted octanol–water partition coefficient (Wildman–Crippen LogP) is 3.49. The minimum absolute atomic E-state index is 0.0130. The van der Waals surface area contributed by atoms with E-state index in [0.29, 0.717) is 17.1 Å². The molecule has 25 heavy (non-hydrogen) atoms. The van der Waals surface area contributed by atoms with E-state index in [2.05, 4.69) is 10.4 Å². The number of carbonyl (C=O) groups excluding carboxylic acids is 1. The molecule has 0 saturated carbocycles. The molecule has 1 atom stereocenters. The van der Waals surface area contributed by atoms with E-state index in [0.717, 1.165) is 11.4 Å². The van der Waals surface area contributed by atoms with E-state index in [4.69, 9.17) is 16.7 Å². The van der Waals surface area contributed by atoms with E-state index in [1.54, 1.807) is 23.7 Å². The Labute approximate surface area is 151 Å². The zero-order valence-corrected chi connectivity index (χ0v) is 15.2. The number of amides is 1. The van der Waals surface area contributed by atoms with Crippen molar-refractivity contribution in [3.63, 3.8) is 0 Å². The molecule has 0 aliphatic rings. The van der Waals surface area contributed by atoms with Crippen LogP contribution in [-0.2, 0) is 4.79 Å². The molecule has 0 bridgehead atoms. The Kier molecular flexibility index (Phi) is 6.20. The van der Waals surface area contributed by atoms with Crippen molar-refractivity contribution in [1.82, 2.24) is 15.1 Å². The van der Waals surface area contributed by atoms with Gasteiger partial charge in [0.1, 0.15) is 0 Å². The number of carbonyl (C=O) groups is 2. The maximum atomic E-state index is 12.5. The molecule has 1 aromatic carbocycles. The number of hydrogen-bond donors (Lipinski definition) is 2. The molecule has 1 unspecified atom stereocenters. The van der Waals surface area contributed by atoms with Gasteiger partial charge in [-0.3, -0.25) is 9.59 Å². The van der Waals surface area contributed by atoms with Crippen LogP contribution in [0.15, 0.2) is 30.5 Å². The lowest BCUT2D eigenvalue weighted by Gasteiger charge is -2.14. The molecular weight excluding hydrogens is 342 g/mol. The minimum Gasteiger partial charge on any atom is -0.481 e. The van der Waals surface area contributed by atoms with Crippen LogP contribution in [-0.4, -0.2) is 33.3 Å². The number of carboxylic acid groups (broad SMARTS) is 1. The third-order valence-electron chi connectivity index (χ3n) is 3.78. The molecule has 2 N–H and O–H groups in total. The number of aromatic nitrogens is 2. The van der Waals surface area contributed by atoms with E-state index >= 15 is 0 Å². The number of nitrogens with zero attached hydrogens (tertiary/aromatic N) is 2. The summed E-state index contributed by atoms with van der Waals surface area (Å²) in [5, 5.41) is 16.5. The van der Waals surface area contributed by atoms with Crippen LogP contribution < -0.4 is 5.32 Å². The molecule has 0 radical (unpaired) electrons. The van der Waals surface area contributed by atoms with Gasteiger partial charge in [-0.15, -0.1) is 0 Å². The Bertz CT molecular complexity index is 771. The average molecular weight is 364 g/mol. The molecule has 2 aromatic rings. The van der Waals surface area contributed by atoms with Crippen molar-refractivity contribution in [3.8, 4) is 5.69 Å². The van der Waals surface area contributed by atoms with E-state index in [9.17, 15) is 9.59 Å². The highest BCUT2D eigenvalue weighted by Gasteiger charge is 2.21. The van der Waals surface area contributed by atoms with Gasteiger partial charge in [0.05, 0.1) is 23.1 Å². The van der Waals surface area contributed by atoms with Gasteiger partial charge in [-0.25, -0.2) is 4.68 Å². The molecule has 7 heteroatoms. The zero-order chi connectivity index (χ0) is 18.6. The van der Waals surface area contributed by atoms with Crippen molar-refractivity contribution >= 4 is 23.5 Å². The number of rotatable bonds is 7. The second-order valence-corrected chi connectivity index (χ2v) is 6.84. The van der Waals surface area contributed by atoms with Crippen molar-refractivity contribution in [2.45, 2.75) is 33.1 Å². The van der Waals surface area contributed by atoms with Gasteiger partial charge in [0.25, 0.3) is 5.91 Å². The topological polar surface area (TPSA) is 84.2 Å². The van der Waals surface area contributed by atoms with Crippen LogP contribution in [0.5, 0.6) is 0 Å². The van der Waals surface area contributed by atoms with Gasteiger partial charge >= 0.3 is 5.97 Å². The predicted molar refractivity (Wildman–Crippen MR) is 96.4 cm³/mol. The van der Waals surface area contributed by atoms with Gasteiger partial charge in [0, 0.05) is 18.0 Å². The molecule has 0 fully saturated rings. The Morgan fingerprint density at radius 1 is 1.32 bits per heavy atom. The van der Waals surface area contributed by atoms with Crippen molar-refractivity contribution in [1.29, 1.82) is 0 Å². The van der Waals surface area contributed by atoms with Crippen LogP contribution in [0.1, 0.15) is 49.2 Å². The van der Waals surface area contributed by atoms with Gasteiger partial charge in [0.2, 0.25) is 0 Å². The zero-order valence-electron chi connectivity index (χ0n) is 14.5. The molecular formula is C18H22ClN3O3. The summed E-state index contributed by atoms with van der Waals surface area (Å²) in [6, 6.07) is 7.27. The summed E-state index contributed by atoms with van der Waals surface area (Å²) in [5.41, 5.74) is 2.05. The largest absolute Gasteiger partial charge is 0.481 e. The summed E-state index contributed by atoms with van der Waals surface area (Å²) in [7, 11) is 0. The average Bonchev–Trinajstić information content (AvgIpc) is 2.97. The molecule has 0 aliphatic carbocycles. The fraction of sp³-hybridized carbons (Fsp3) is 0.389. The molecule has 0 saturated heterocycles. The number of halogens is 1. The first-order valence-corrected chi connectivity index (χ1v) is 8.51. The monoisotopic (exact) mass is 363 g/mol. The van der Waals surface area contributed by atoms with Crippen LogP contribution in [0.2, 0.25) is 5.02 Å². The third kappa shape index (κ3) is 4.82. The fourth-order valence-electron chi connectivity index (χ4n) is 2.63. The normalized spacial score (nSPS) is 12.2. The number of hydrogen-bond acceptors (Lipinski definition) is 3.